The molecule has 1 aromatic rings. The second kappa shape index (κ2) is 12.5. The molecule has 0 saturated carbocycles. The first kappa shape index (κ1) is 24.0. The SMILES string of the molecule is COc1cc(OC)c2c(c1)[C@@H](CCCCC[C@@H](O)CCCC#CC[C@@H](C)O)OC2=O. The van der Waals surface area contributed by atoms with Crippen LogP contribution in [-0.4, -0.2) is 42.6 Å². The highest BCUT2D eigenvalue weighted by atomic mass is 16.6. The predicted molar refractivity (Wildman–Crippen MR) is 115 cm³/mol. The highest BCUT2D eigenvalue weighted by molar-refractivity contribution is 5.97. The summed E-state index contributed by atoms with van der Waals surface area (Å²) in [6, 6.07) is 3.55. The van der Waals surface area contributed by atoms with Gasteiger partial charge >= 0.3 is 5.97 Å². The number of hydrogen-bond acceptors (Lipinski definition) is 6. The van der Waals surface area contributed by atoms with Crippen LogP contribution in [-0.2, 0) is 4.74 Å². The Hall–Kier alpha value is -2.23. The number of carbonyl (C=O) groups is 1. The first-order valence-electron chi connectivity index (χ1n) is 10.7. The molecule has 0 fully saturated rings. The summed E-state index contributed by atoms with van der Waals surface area (Å²) in [6.07, 6.45) is 6.23. The van der Waals surface area contributed by atoms with Crippen molar-refractivity contribution < 1.29 is 29.2 Å². The molecule has 0 amide bonds. The Bertz CT molecular complexity index is 746. The van der Waals surface area contributed by atoms with Crippen LogP contribution in [0.5, 0.6) is 11.5 Å². The normalized spacial score (nSPS) is 16.8. The van der Waals surface area contributed by atoms with Gasteiger partial charge in [0.25, 0.3) is 0 Å². The number of cyclic esters (lactones) is 1. The molecule has 1 heterocycles. The van der Waals surface area contributed by atoms with Gasteiger partial charge in [0.1, 0.15) is 23.2 Å². The van der Waals surface area contributed by atoms with Crippen molar-refractivity contribution in [3.63, 3.8) is 0 Å². The van der Waals surface area contributed by atoms with Crippen molar-refractivity contribution in [2.45, 2.75) is 83.0 Å². The summed E-state index contributed by atoms with van der Waals surface area (Å²) in [6.45, 7) is 1.72. The molecule has 0 radical (unpaired) electrons. The topological polar surface area (TPSA) is 85.2 Å². The molecule has 3 atom stereocenters. The van der Waals surface area contributed by atoms with E-state index in [9.17, 15) is 9.90 Å². The molecule has 0 bridgehead atoms. The Balaban J connectivity index is 1.68. The van der Waals surface area contributed by atoms with Gasteiger partial charge in [-0.3, -0.25) is 0 Å². The zero-order chi connectivity index (χ0) is 21.9. The summed E-state index contributed by atoms with van der Waals surface area (Å²) in [5.41, 5.74) is 1.32. The lowest BCUT2D eigenvalue weighted by Crippen LogP contribution is -2.06. The zero-order valence-corrected chi connectivity index (χ0v) is 18.3. The van der Waals surface area contributed by atoms with Crippen molar-refractivity contribution in [3.8, 4) is 23.3 Å². The summed E-state index contributed by atoms with van der Waals surface area (Å²) in [5, 5.41) is 19.2. The Morgan fingerprint density at radius 1 is 1.07 bits per heavy atom. The minimum atomic E-state index is -0.381. The summed E-state index contributed by atoms with van der Waals surface area (Å²) in [7, 11) is 3.12. The lowest BCUT2D eigenvalue weighted by atomic mass is 9.98. The van der Waals surface area contributed by atoms with Gasteiger partial charge in [-0.05, 0) is 45.1 Å². The largest absolute Gasteiger partial charge is 0.497 e. The molecule has 2 N–H and O–H groups in total. The summed E-state index contributed by atoms with van der Waals surface area (Å²) in [4.78, 5) is 12.2. The maximum absolute atomic E-state index is 12.2. The number of hydrogen-bond donors (Lipinski definition) is 2. The maximum atomic E-state index is 12.2. The van der Waals surface area contributed by atoms with Gasteiger partial charge in [-0.15, -0.1) is 11.8 Å². The molecule has 1 aliphatic heterocycles. The monoisotopic (exact) mass is 418 g/mol. The van der Waals surface area contributed by atoms with E-state index >= 15 is 0 Å². The van der Waals surface area contributed by atoms with E-state index in [-0.39, 0.29) is 24.3 Å². The predicted octanol–water partition coefficient (Wildman–Crippen LogP) is 4.17. The quantitative estimate of drug-likeness (QED) is 0.301. The van der Waals surface area contributed by atoms with Crippen molar-refractivity contribution in [1.82, 2.24) is 0 Å². The molecule has 166 valence electrons. The lowest BCUT2D eigenvalue weighted by Gasteiger charge is -2.13. The number of carbonyl (C=O) groups excluding carboxylic acids is 1. The van der Waals surface area contributed by atoms with E-state index in [1.807, 2.05) is 6.07 Å². The van der Waals surface area contributed by atoms with Gasteiger partial charge in [0.05, 0.1) is 26.4 Å². The van der Waals surface area contributed by atoms with E-state index in [0.717, 1.165) is 56.9 Å². The second-order valence-electron chi connectivity index (χ2n) is 7.78. The van der Waals surface area contributed by atoms with E-state index in [1.54, 1.807) is 20.1 Å². The molecule has 30 heavy (non-hydrogen) atoms. The Kier molecular flexibility index (Phi) is 9.99. The lowest BCUT2D eigenvalue weighted by molar-refractivity contribution is 0.0361. The number of unbranched alkanes of at least 4 members (excludes halogenated alkanes) is 3. The van der Waals surface area contributed by atoms with Gasteiger partial charge in [0, 0.05) is 24.5 Å². The average Bonchev–Trinajstić information content (AvgIpc) is 3.05. The standard InChI is InChI=1S/C24H34O6/c1-17(25)11-7-4-5-8-12-18(26)13-9-6-10-14-21-20-15-19(28-2)16-22(29-3)23(20)24(27)30-21/h15-18,21,25-26H,5-6,8-14H2,1-3H3/t17-,18+,21-/m1/s1. The average molecular weight is 419 g/mol. The number of aliphatic hydroxyl groups excluding tert-OH is 2. The number of fused-ring (bicyclic) bond motifs is 1. The van der Waals surface area contributed by atoms with Crippen LogP contribution < -0.4 is 9.47 Å². The summed E-state index contributed by atoms with van der Waals surface area (Å²) >= 11 is 0. The number of methoxy groups -OCH3 is 2. The third kappa shape index (κ3) is 7.23. The van der Waals surface area contributed by atoms with Gasteiger partial charge in [0.15, 0.2) is 0 Å². The molecule has 2 rings (SSSR count). The van der Waals surface area contributed by atoms with Crippen molar-refractivity contribution in [1.29, 1.82) is 0 Å². The summed E-state index contributed by atoms with van der Waals surface area (Å²) < 4.78 is 16.2. The molecule has 1 aromatic carbocycles. The van der Waals surface area contributed by atoms with Gasteiger partial charge in [-0.25, -0.2) is 4.79 Å². The highest BCUT2D eigenvalue weighted by Gasteiger charge is 2.34. The number of esters is 1. The summed E-state index contributed by atoms with van der Waals surface area (Å²) in [5.74, 6) is 6.75. The molecule has 0 unspecified atom stereocenters. The van der Waals surface area contributed by atoms with E-state index < -0.39 is 0 Å². The fourth-order valence-corrected chi connectivity index (χ4v) is 3.59. The molecule has 0 aromatic heterocycles. The van der Waals surface area contributed by atoms with Crippen LogP contribution in [0.1, 0.15) is 86.7 Å². The second-order valence-corrected chi connectivity index (χ2v) is 7.78. The number of benzene rings is 1. The maximum Gasteiger partial charge on any atom is 0.342 e. The van der Waals surface area contributed by atoms with E-state index in [4.69, 9.17) is 19.3 Å². The Morgan fingerprint density at radius 3 is 2.53 bits per heavy atom. The van der Waals surface area contributed by atoms with Crippen LogP contribution in [0.2, 0.25) is 0 Å². The first-order valence-corrected chi connectivity index (χ1v) is 10.7. The fourth-order valence-electron chi connectivity index (χ4n) is 3.59. The van der Waals surface area contributed by atoms with Crippen LogP contribution >= 0.6 is 0 Å². The molecule has 6 heteroatoms. The van der Waals surface area contributed by atoms with Crippen LogP contribution in [0.25, 0.3) is 0 Å². The highest BCUT2D eigenvalue weighted by Crippen LogP contribution is 2.41. The molecule has 6 nitrogen and oxygen atoms in total. The Morgan fingerprint density at radius 2 is 1.83 bits per heavy atom. The van der Waals surface area contributed by atoms with Gasteiger partial charge in [0.2, 0.25) is 0 Å². The van der Waals surface area contributed by atoms with Crippen molar-refractivity contribution >= 4 is 5.97 Å². The Labute approximate surface area is 179 Å². The molecule has 1 aliphatic rings. The number of ether oxygens (including phenoxy) is 3. The third-order valence-corrected chi connectivity index (χ3v) is 5.23. The van der Waals surface area contributed by atoms with Crippen molar-refractivity contribution in [2.24, 2.45) is 0 Å². The van der Waals surface area contributed by atoms with Gasteiger partial charge in [-0.1, -0.05) is 12.8 Å². The van der Waals surface area contributed by atoms with Crippen LogP contribution in [0.15, 0.2) is 12.1 Å². The van der Waals surface area contributed by atoms with Crippen molar-refractivity contribution in [3.05, 3.63) is 23.3 Å². The molecule has 0 saturated heterocycles. The molecular weight excluding hydrogens is 384 g/mol. The van der Waals surface area contributed by atoms with Crippen LogP contribution in [0.4, 0.5) is 0 Å². The minimum absolute atomic E-state index is 0.276. The first-order chi connectivity index (χ1) is 14.5. The van der Waals surface area contributed by atoms with E-state index in [2.05, 4.69) is 11.8 Å². The third-order valence-electron chi connectivity index (χ3n) is 5.23. The van der Waals surface area contributed by atoms with Crippen LogP contribution in [0.3, 0.4) is 0 Å². The van der Waals surface area contributed by atoms with Gasteiger partial charge in [-0.2, -0.15) is 0 Å². The minimum Gasteiger partial charge on any atom is -0.497 e. The van der Waals surface area contributed by atoms with E-state index in [1.165, 1.54) is 7.11 Å². The number of aliphatic hydroxyl groups is 2. The smallest absolute Gasteiger partial charge is 0.342 e. The number of rotatable bonds is 12. The van der Waals surface area contributed by atoms with Crippen LogP contribution in [0, 0.1) is 11.8 Å². The fraction of sp³-hybridized carbons (Fsp3) is 0.625. The van der Waals surface area contributed by atoms with Crippen molar-refractivity contribution in [2.75, 3.05) is 14.2 Å². The molecule has 0 aliphatic carbocycles. The van der Waals surface area contributed by atoms with Gasteiger partial charge < -0.3 is 24.4 Å². The zero-order valence-electron chi connectivity index (χ0n) is 18.3. The van der Waals surface area contributed by atoms with E-state index in [0.29, 0.717) is 23.5 Å². The molecular formula is C24H34O6. The molecule has 0 spiro atoms.